The number of hydrogen-bond donors (Lipinski definition) is 2. The van der Waals surface area contributed by atoms with Gasteiger partial charge in [0.25, 0.3) is 5.56 Å². The Bertz CT molecular complexity index is 687. The molecule has 0 saturated heterocycles. The predicted octanol–water partition coefficient (Wildman–Crippen LogP) is 1.83. The summed E-state index contributed by atoms with van der Waals surface area (Å²) >= 11 is 1.21. The van der Waals surface area contributed by atoms with Crippen molar-refractivity contribution < 1.29 is 4.79 Å². The van der Waals surface area contributed by atoms with E-state index in [1.165, 1.54) is 17.8 Å². The van der Waals surface area contributed by atoms with Crippen molar-refractivity contribution in [2.45, 2.75) is 31.5 Å². The highest BCUT2D eigenvalue weighted by Gasteiger charge is 2.13. The fourth-order valence-electron chi connectivity index (χ4n) is 2.01. The Morgan fingerprint density at radius 1 is 1.41 bits per heavy atom. The highest BCUT2D eigenvalue weighted by Crippen LogP contribution is 2.16. The van der Waals surface area contributed by atoms with Crippen LogP contribution in [0.2, 0.25) is 0 Å². The Kier molecular flexibility index (Phi) is 5.71. The molecule has 7 heteroatoms. The maximum atomic E-state index is 12.1. The summed E-state index contributed by atoms with van der Waals surface area (Å²) in [7, 11) is 0. The Labute approximate surface area is 132 Å². The smallest absolute Gasteiger partial charge is 0.251 e. The second-order valence-corrected chi connectivity index (χ2v) is 5.75. The first-order valence-electron chi connectivity index (χ1n) is 6.98. The number of pyridine rings is 1. The molecule has 0 aromatic carbocycles. The van der Waals surface area contributed by atoms with Gasteiger partial charge in [-0.3, -0.25) is 14.6 Å². The third-order valence-corrected chi connectivity index (χ3v) is 3.91. The normalized spacial score (nSPS) is 11.9. The van der Waals surface area contributed by atoms with Crippen LogP contribution in [0.1, 0.15) is 30.6 Å². The molecule has 0 fully saturated rings. The van der Waals surface area contributed by atoms with Gasteiger partial charge in [0.2, 0.25) is 5.91 Å². The molecular formula is C15H18N4O2S. The largest absolute Gasteiger partial charge is 0.349 e. The molecule has 2 N–H and O–H groups in total. The van der Waals surface area contributed by atoms with Gasteiger partial charge >= 0.3 is 0 Å². The maximum absolute atomic E-state index is 12.1. The summed E-state index contributed by atoms with van der Waals surface area (Å²) in [6, 6.07) is 5.16. The van der Waals surface area contributed by atoms with Crippen molar-refractivity contribution in [3.05, 3.63) is 52.2 Å². The molecule has 2 aromatic rings. The average molecular weight is 318 g/mol. The van der Waals surface area contributed by atoms with Gasteiger partial charge in [0.15, 0.2) is 5.16 Å². The fraction of sp³-hybridized carbons (Fsp3) is 0.333. The summed E-state index contributed by atoms with van der Waals surface area (Å²) in [6.07, 6.45) is 4.21. The van der Waals surface area contributed by atoms with Crippen LogP contribution in [0.25, 0.3) is 0 Å². The third kappa shape index (κ3) is 4.70. The molecule has 1 atom stereocenters. The lowest BCUT2D eigenvalue weighted by molar-refractivity contribution is -0.119. The Morgan fingerprint density at radius 3 is 2.77 bits per heavy atom. The third-order valence-electron chi connectivity index (χ3n) is 3.04. The second-order valence-electron chi connectivity index (χ2n) is 4.79. The highest BCUT2D eigenvalue weighted by atomic mass is 32.2. The lowest BCUT2D eigenvalue weighted by Gasteiger charge is -2.17. The van der Waals surface area contributed by atoms with Crippen LogP contribution in [0.15, 0.2) is 40.5 Å². The van der Waals surface area contributed by atoms with Gasteiger partial charge in [-0.15, -0.1) is 0 Å². The summed E-state index contributed by atoms with van der Waals surface area (Å²) in [5, 5.41) is 3.43. The zero-order chi connectivity index (χ0) is 15.9. The van der Waals surface area contributed by atoms with E-state index in [9.17, 15) is 9.59 Å². The van der Waals surface area contributed by atoms with Crippen LogP contribution >= 0.6 is 11.8 Å². The standard InChI is InChI=1S/C15H18N4O2S/c1-3-12(11-4-6-16-7-5-11)18-14(21)9-22-15-17-10(2)8-13(20)19-15/h4-8,12H,3,9H2,1-2H3,(H,18,21)(H,17,19,20)/t12-/m0/s1. The Morgan fingerprint density at radius 2 is 2.14 bits per heavy atom. The number of aromatic amines is 1. The number of nitrogens with one attached hydrogen (secondary N) is 2. The van der Waals surface area contributed by atoms with Gasteiger partial charge in [-0.2, -0.15) is 0 Å². The number of amides is 1. The molecule has 2 aromatic heterocycles. The quantitative estimate of drug-likeness (QED) is 0.627. The molecule has 0 saturated carbocycles. The highest BCUT2D eigenvalue weighted by molar-refractivity contribution is 7.99. The van der Waals surface area contributed by atoms with Gasteiger partial charge in [-0.1, -0.05) is 18.7 Å². The molecule has 0 aliphatic carbocycles. The SMILES string of the molecule is CC[C@H](NC(=O)CSc1nc(C)cc(=O)[nH]1)c1ccncc1. The molecule has 22 heavy (non-hydrogen) atoms. The van der Waals surface area contributed by atoms with Gasteiger partial charge in [-0.05, 0) is 31.0 Å². The molecule has 0 aliphatic rings. The molecule has 2 rings (SSSR count). The molecule has 0 unspecified atom stereocenters. The van der Waals surface area contributed by atoms with Gasteiger partial charge < -0.3 is 10.3 Å². The Hall–Kier alpha value is -2.15. The first-order chi connectivity index (χ1) is 10.6. The fourth-order valence-corrected chi connectivity index (χ4v) is 2.74. The van der Waals surface area contributed by atoms with Crippen LogP contribution in [0.4, 0.5) is 0 Å². The van der Waals surface area contributed by atoms with Crippen molar-refractivity contribution in [2.75, 3.05) is 5.75 Å². The van der Waals surface area contributed by atoms with E-state index in [0.717, 1.165) is 12.0 Å². The Balaban J connectivity index is 1.93. The monoisotopic (exact) mass is 318 g/mol. The number of aryl methyl sites for hydroxylation is 1. The number of carbonyl (C=O) groups excluding carboxylic acids is 1. The van der Waals surface area contributed by atoms with Gasteiger partial charge in [0, 0.05) is 24.2 Å². The minimum atomic E-state index is -0.210. The molecule has 0 spiro atoms. The van der Waals surface area contributed by atoms with Crippen molar-refractivity contribution in [2.24, 2.45) is 0 Å². The number of rotatable bonds is 6. The van der Waals surface area contributed by atoms with Gasteiger partial charge in [-0.25, -0.2) is 4.98 Å². The van der Waals surface area contributed by atoms with Gasteiger partial charge in [0.05, 0.1) is 11.8 Å². The van der Waals surface area contributed by atoms with Crippen molar-refractivity contribution in [3.63, 3.8) is 0 Å². The van der Waals surface area contributed by atoms with Crippen LogP contribution in [0, 0.1) is 6.92 Å². The van der Waals surface area contributed by atoms with E-state index in [-0.39, 0.29) is 23.3 Å². The molecule has 0 bridgehead atoms. The number of hydrogen-bond acceptors (Lipinski definition) is 5. The lowest BCUT2D eigenvalue weighted by Crippen LogP contribution is -2.29. The summed E-state index contributed by atoms with van der Waals surface area (Å²) < 4.78 is 0. The number of H-pyrrole nitrogens is 1. The molecule has 0 radical (unpaired) electrons. The summed E-state index contributed by atoms with van der Waals surface area (Å²) in [5.41, 5.74) is 1.45. The second kappa shape index (κ2) is 7.74. The van der Waals surface area contributed by atoms with Crippen molar-refractivity contribution >= 4 is 17.7 Å². The van der Waals surface area contributed by atoms with E-state index in [1.54, 1.807) is 19.3 Å². The molecule has 1 amide bonds. The van der Waals surface area contributed by atoms with E-state index in [1.807, 2.05) is 19.1 Å². The minimum Gasteiger partial charge on any atom is -0.349 e. The van der Waals surface area contributed by atoms with Crippen molar-refractivity contribution in [1.29, 1.82) is 0 Å². The topological polar surface area (TPSA) is 87.7 Å². The summed E-state index contributed by atoms with van der Waals surface area (Å²) in [6.45, 7) is 3.76. The predicted molar refractivity (Wildman–Crippen MR) is 85.7 cm³/mol. The molecule has 2 heterocycles. The van der Waals surface area contributed by atoms with E-state index >= 15 is 0 Å². The van der Waals surface area contributed by atoms with Crippen LogP contribution in [0.5, 0.6) is 0 Å². The number of thioether (sulfide) groups is 1. The van der Waals surface area contributed by atoms with Crippen molar-refractivity contribution in [3.8, 4) is 0 Å². The number of carbonyl (C=O) groups is 1. The van der Waals surface area contributed by atoms with Crippen molar-refractivity contribution in [1.82, 2.24) is 20.3 Å². The first kappa shape index (κ1) is 16.2. The average Bonchev–Trinajstić information content (AvgIpc) is 2.50. The van der Waals surface area contributed by atoms with Crippen LogP contribution in [0.3, 0.4) is 0 Å². The minimum absolute atomic E-state index is 0.0411. The maximum Gasteiger partial charge on any atom is 0.251 e. The first-order valence-corrected chi connectivity index (χ1v) is 7.97. The zero-order valence-corrected chi connectivity index (χ0v) is 13.3. The zero-order valence-electron chi connectivity index (χ0n) is 12.5. The van der Waals surface area contributed by atoms with Gasteiger partial charge in [0.1, 0.15) is 0 Å². The van der Waals surface area contributed by atoms with Crippen LogP contribution in [-0.2, 0) is 4.79 Å². The lowest BCUT2D eigenvalue weighted by atomic mass is 10.1. The van der Waals surface area contributed by atoms with E-state index in [2.05, 4.69) is 20.3 Å². The molecule has 6 nitrogen and oxygen atoms in total. The van der Waals surface area contributed by atoms with E-state index in [4.69, 9.17) is 0 Å². The van der Waals surface area contributed by atoms with E-state index in [0.29, 0.717) is 10.9 Å². The van der Waals surface area contributed by atoms with Crippen LogP contribution < -0.4 is 10.9 Å². The number of aromatic nitrogens is 3. The van der Waals surface area contributed by atoms with Crippen LogP contribution in [-0.4, -0.2) is 26.6 Å². The molecule has 116 valence electrons. The van der Waals surface area contributed by atoms with E-state index < -0.39 is 0 Å². The summed E-state index contributed by atoms with van der Waals surface area (Å²) in [5.74, 6) is 0.103. The summed E-state index contributed by atoms with van der Waals surface area (Å²) in [4.78, 5) is 34.2. The molecule has 0 aliphatic heterocycles. The molecular weight excluding hydrogens is 300 g/mol. The number of nitrogens with zero attached hydrogens (tertiary/aromatic N) is 2.